The van der Waals surface area contributed by atoms with Gasteiger partial charge in [0.25, 0.3) is 0 Å². The van der Waals surface area contributed by atoms with Crippen LogP contribution < -0.4 is 10.6 Å². The van der Waals surface area contributed by atoms with Gasteiger partial charge < -0.3 is 19.9 Å². The fraction of sp³-hybridized carbons (Fsp3) is 0.500. The van der Waals surface area contributed by atoms with Crippen molar-refractivity contribution in [3.05, 3.63) is 30.6 Å². The second kappa shape index (κ2) is 11.2. The van der Waals surface area contributed by atoms with Crippen LogP contribution in [0.25, 0.3) is 11.0 Å². The van der Waals surface area contributed by atoms with E-state index >= 15 is 0 Å². The molecule has 1 aromatic heterocycles. The molecule has 6 nitrogen and oxygen atoms in total. The zero-order valence-corrected chi connectivity index (χ0v) is 16.1. The van der Waals surface area contributed by atoms with Gasteiger partial charge in [-0.15, -0.1) is 24.0 Å². The summed E-state index contributed by atoms with van der Waals surface area (Å²) in [5.41, 5.74) is 2.23. The summed E-state index contributed by atoms with van der Waals surface area (Å²) in [5.74, 6) is 0.839. The van der Waals surface area contributed by atoms with Crippen LogP contribution in [0.3, 0.4) is 0 Å². The topological polar surface area (TPSA) is 63.5 Å². The average Bonchev–Trinajstić information content (AvgIpc) is 2.97. The lowest BCUT2D eigenvalue weighted by Gasteiger charge is -2.12. The first-order valence-corrected chi connectivity index (χ1v) is 7.68. The van der Waals surface area contributed by atoms with Crippen molar-refractivity contribution in [3.8, 4) is 0 Å². The predicted molar refractivity (Wildman–Crippen MR) is 106 cm³/mol. The highest BCUT2D eigenvalue weighted by atomic mass is 127. The number of nitrogens with zero attached hydrogens (tertiary/aromatic N) is 3. The zero-order chi connectivity index (χ0) is 15.6. The fourth-order valence-corrected chi connectivity index (χ4v) is 2.29. The quantitative estimate of drug-likeness (QED) is 0.291. The lowest BCUT2D eigenvalue weighted by atomic mass is 10.3. The van der Waals surface area contributed by atoms with E-state index in [0.29, 0.717) is 0 Å². The molecule has 0 atom stereocenters. The highest BCUT2D eigenvalue weighted by Crippen LogP contribution is 2.11. The van der Waals surface area contributed by atoms with Crippen LogP contribution in [-0.4, -0.2) is 49.4 Å². The number of methoxy groups -OCH3 is 1. The van der Waals surface area contributed by atoms with E-state index in [9.17, 15) is 0 Å². The van der Waals surface area contributed by atoms with E-state index in [0.717, 1.165) is 50.6 Å². The molecule has 7 heteroatoms. The standard InChI is InChI=1S/C16H25N5O.HI/c1-17-16(19-10-6-12-22-2)18-9-5-11-21-13-20-14-7-3-4-8-15(14)21;/h3-4,7-8,13H,5-6,9-12H2,1-2H3,(H2,17,18,19);1H. The molecule has 23 heavy (non-hydrogen) atoms. The molecule has 128 valence electrons. The van der Waals surface area contributed by atoms with Crippen molar-refractivity contribution in [2.24, 2.45) is 4.99 Å². The summed E-state index contributed by atoms with van der Waals surface area (Å²) >= 11 is 0. The number of rotatable bonds is 8. The maximum Gasteiger partial charge on any atom is 0.190 e. The Balaban J connectivity index is 0.00000264. The molecule has 0 unspecified atom stereocenters. The van der Waals surface area contributed by atoms with E-state index in [-0.39, 0.29) is 24.0 Å². The molecule has 2 rings (SSSR count). The molecule has 0 bridgehead atoms. The third kappa shape index (κ3) is 6.34. The second-order valence-corrected chi connectivity index (χ2v) is 5.05. The number of para-hydroxylation sites is 2. The number of fused-ring (bicyclic) bond motifs is 1. The summed E-state index contributed by atoms with van der Waals surface area (Å²) in [6.45, 7) is 3.43. The van der Waals surface area contributed by atoms with E-state index in [2.05, 4.69) is 31.2 Å². The number of imidazole rings is 1. The zero-order valence-electron chi connectivity index (χ0n) is 13.8. The number of guanidine groups is 1. The molecule has 0 aliphatic heterocycles. The number of aliphatic imine (C=N–C) groups is 1. The molecule has 0 aliphatic carbocycles. The first kappa shape index (κ1) is 19.7. The highest BCUT2D eigenvalue weighted by Gasteiger charge is 2.01. The summed E-state index contributed by atoms with van der Waals surface area (Å²) in [6, 6.07) is 8.20. The van der Waals surface area contributed by atoms with Gasteiger partial charge in [0.2, 0.25) is 0 Å². The summed E-state index contributed by atoms with van der Waals surface area (Å²) in [5, 5.41) is 6.59. The first-order valence-electron chi connectivity index (χ1n) is 7.68. The lowest BCUT2D eigenvalue weighted by Crippen LogP contribution is -2.38. The molecule has 2 aromatic rings. The van der Waals surface area contributed by atoms with Crippen molar-refractivity contribution >= 4 is 41.0 Å². The van der Waals surface area contributed by atoms with Crippen molar-refractivity contribution in [1.82, 2.24) is 20.2 Å². The van der Waals surface area contributed by atoms with Gasteiger partial charge in [-0.05, 0) is 25.0 Å². The fourth-order valence-electron chi connectivity index (χ4n) is 2.29. The van der Waals surface area contributed by atoms with E-state index < -0.39 is 0 Å². The predicted octanol–water partition coefficient (Wildman–Crippen LogP) is 2.25. The normalized spacial score (nSPS) is 11.3. The Bertz CT molecular complexity index is 599. The highest BCUT2D eigenvalue weighted by molar-refractivity contribution is 14.0. The third-order valence-electron chi connectivity index (χ3n) is 3.44. The minimum atomic E-state index is 0. The van der Waals surface area contributed by atoms with E-state index in [1.165, 1.54) is 5.52 Å². The summed E-state index contributed by atoms with van der Waals surface area (Å²) < 4.78 is 7.21. The van der Waals surface area contributed by atoms with Crippen LogP contribution in [0.1, 0.15) is 12.8 Å². The van der Waals surface area contributed by atoms with Crippen molar-refractivity contribution in [3.63, 3.8) is 0 Å². The molecule has 2 N–H and O–H groups in total. The largest absolute Gasteiger partial charge is 0.385 e. The number of hydrogen-bond donors (Lipinski definition) is 2. The van der Waals surface area contributed by atoms with Gasteiger partial charge in [0, 0.05) is 40.4 Å². The molecule has 0 saturated heterocycles. The Morgan fingerprint density at radius 3 is 2.70 bits per heavy atom. The van der Waals surface area contributed by atoms with Crippen LogP contribution in [0.5, 0.6) is 0 Å². The Morgan fingerprint density at radius 2 is 1.96 bits per heavy atom. The number of aryl methyl sites for hydroxylation is 1. The number of halogens is 1. The minimum absolute atomic E-state index is 0. The van der Waals surface area contributed by atoms with Gasteiger partial charge in [-0.1, -0.05) is 12.1 Å². The number of benzene rings is 1. The summed E-state index contributed by atoms with van der Waals surface area (Å²) in [4.78, 5) is 8.61. The van der Waals surface area contributed by atoms with Gasteiger partial charge in [-0.25, -0.2) is 4.98 Å². The van der Waals surface area contributed by atoms with E-state index in [4.69, 9.17) is 4.74 Å². The molecular formula is C16H26IN5O. The van der Waals surface area contributed by atoms with Gasteiger partial charge in [0.1, 0.15) is 0 Å². The van der Waals surface area contributed by atoms with Gasteiger partial charge >= 0.3 is 0 Å². The maximum atomic E-state index is 5.02. The van der Waals surface area contributed by atoms with Crippen molar-refractivity contribution in [2.45, 2.75) is 19.4 Å². The molecule has 0 fully saturated rings. The second-order valence-electron chi connectivity index (χ2n) is 5.05. The number of nitrogens with one attached hydrogen (secondary N) is 2. The van der Waals surface area contributed by atoms with Crippen molar-refractivity contribution < 1.29 is 4.74 Å². The van der Waals surface area contributed by atoms with Crippen LogP contribution in [0, 0.1) is 0 Å². The molecule has 0 spiro atoms. The molecule has 0 saturated carbocycles. The smallest absolute Gasteiger partial charge is 0.190 e. The Hall–Kier alpha value is -1.35. The molecule has 0 radical (unpaired) electrons. The summed E-state index contributed by atoms with van der Waals surface area (Å²) in [7, 11) is 3.50. The SMILES string of the molecule is CN=C(NCCCOC)NCCCn1cnc2ccccc21.I. The third-order valence-corrected chi connectivity index (χ3v) is 3.44. The molecule has 0 aliphatic rings. The van der Waals surface area contributed by atoms with Gasteiger partial charge in [0.15, 0.2) is 5.96 Å². The summed E-state index contributed by atoms with van der Waals surface area (Å²) in [6.07, 6.45) is 3.89. The first-order chi connectivity index (χ1) is 10.8. The average molecular weight is 431 g/mol. The number of aromatic nitrogens is 2. The van der Waals surface area contributed by atoms with E-state index in [1.54, 1.807) is 14.2 Å². The number of ether oxygens (including phenoxy) is 1. The Kier molecular flexibility index (Phi) is 9.61. The molecular weight excluding hydrogens is 405 g/mol. The Labute approximate surface area is 154 Å². The monoisotopic (exact) mass is 431 g/mol. The van der Waals surface area contributed by atoms with Crippen LogP contribution in [-0.2, 0) is 11.3 Å². The lowest BCUT2D eigenvalue weighted by molar-refractivity contribution is 0.195. The Morgan fingerprint density at radius 1 is 1.22 bits per heavy atom. The minimum Gasteiger partial charge on any atom is -0.385 e. The van der Waals surface area contributed by atoms with Gasteiger partial charge in [0.05, 0.1) is 17.4 Å². The molecule has 0 amide bonds. The van der Waals surface area contributed by atoms with Crippen molar-refractivity contribution in [1.29, 1.82) is 0 Å². The van der Waals surface area contributed by atoms with Crippen LogP contribution in [0.15, 0.2) is 35.6 Å². The van der Waals surface area contributed by atoms with Crippen molar-refractivity contribution in [2.75, 3.05) is 33.9 Å². The molecule has 1 aromatic carbocycles. The van der Waals surface area contributed by atoms with Crippen LogP contribution in [0.2, 0.25) is 0 Å². The van der Waals surface area contributed by atoms with E-state index in [1.807, 2.05) is 24.5 Å². The van der Waals surface area contributed by atoms with Crippen LogP contribution in [0.4, 0.5) is 0 Å². The van der Waals surface area contributed by atoms with Gasteiger partial charge in [-0.2, -0.15) is 0 Å². The maximum absolute atomic E-state index is 5.02. The van der Waals surface area contributed by atoms with Crippen LogP contribution >= 0.6 is 24.0 Å². The molecule has 1 heterocycles. The number of hydrogen-bond acceptors (Lipinski definition) is 3. The van der Waals surface area contributed by atoms with Gasteiger partial charge in [-0.3, -0.25) is 4.99 Å².